The molecule has 1 aliphatic rings. The Kier molecular flexibility index (Phi) is 5.84. The Morgan fingerprint density at radius 3 is 2.30 bits per heavy atom. The first kappa shape index (κ1) is 16.8. The molecule has 0 aliphatic heterocycles. The molecule has 0 aromatic rings. The van der Waals surface area contributed by atoms with E-state index < -0.39 is 11.5 Å². The molecule has 0 atom stereocenters. The molecule has 0 aromatic heterocycles. The van der Waals surface area contributed by atoms with E-state index >= 15 is 0 Å². The van der Waals surface area contributed by atoms with Crippen LogP contribution in [-0.4, -0.2) is 41.1 Å². The molecule has 0 heterocycles. The lowest BCUT2D eigenvalue weighted by molar-refractivity contribution is -0.146. The van der Waals surface area contributed by atoms with Crippen LogP contribution in [0.15, 0.2) is 0 Å². The fourth-order valence-electron chi connectivity index (χ4n) is 2.52. The molecule has 0 aromatic carbocycles. The smallest absolute Gasteiger partial charge is 0.329 e. The molecular weight excluding hydrogens is 256 g/mol. The molecule has 5 nitrogen and oxygen atoms in total. The van der Waals surface area contributed by atoms with Crippen molar-refractivity contribution >= 4 is 12.0 Å². The molecule has 2 N–H and O–H groups in total. The summed E-state index contributed by atoms with van der Waals surface area (Å²) >= 11 is 0. The zero-order valence-corrected chi connectivity index (χ0v) is 13.1. The van der Waals surface area contributed by atoms with Gasteiger partial charge in [-0.2, -0.15) is 0 Å². The van der Waals surface area contributed by atoms with Crippen LogP contribution in [-0.2, 0) is 4.79 Å². The lowest BCUT2D eigenvalue weighted by Crippen LogP contribution is -2.54. The average Bonchev–Trinajstić information content (AvgIpc) is 2.39. The number of likely N-dealkylation sites (N-methyl/N-ethyl adjacent to an activating group) is 1. The lowest BCUT2D eigenvalue weighted by atomic mass is 9.81. The van der Waals surface area contributed by atoms with Crippen molar-refractivity contribution in [2.75, 3.05) is 13.6 Å². The molecule has 5 heteroatoms. The molecule has 2 amide bonds. The van der Waals surface area contributed by atoms with Gasteiger partial charge in [0.2, 0.25) is 0 Å². The number of hydrogen-bond acceptors (Lipinski definition) is 2. The maximum atomic E-state index is 11.9. The number of urea groups is 1. The number of hydrogen-bond donors (Lipinski definition) is 2. The van der Waals surface area contributed by atoms with Crippen LogP contribution >= 0.6 is 0 Å². The summed E-state index contributed by atoms with van der Waals surface area (Å²) < 4.78 is 0. The highest BCUT2D eigenvalue weighted by molar-refractivity contribution is 5.85. The van der Waals surface area contributed by atoms with Gasteiger partial charge >= 0.3 is 12.0 Å². The first-order valence-electron chi connectivity index (χ1n) is 7.50. The summed E-state index contributed by atoms with van der Waals surface area (Å²) in [5.41, 5.74) is -1.19. The van der Waals surface area contributed by atoms with Gasteiger partial charge in [-0.1, -0.05) is 32.6 Å². The van der Waals surface area contributed by atoms with Gasteiger partial charge < -0.3 is 15.3 Å². The average molecular weight is 284 g/mol. The molecule has 1 saturated carbocycles. The first-order valence-corrected chi connectivity index (χ1v) is 7.50. The quantitative estimate of drug-likeness (QED) is 0.815. The van der Waals surface area contributed by atoms with E-state index in [1.165, 1.54) is 51.5 Å². The highest BCUT2D eigenvalue weighted by Gasteiger charge is 2.35. The summed E-state index contributed by atoms with van der Waals surface area (Å²) in [5, 5.41) is 11.9. The Bertz CT molecular complexity index is 347. The van der Waals surface area contributed by atoms with Gasteiger partial charge in [-0.15, -0.1) is 0 Å². The zero-order valence-electron chi connectivity index (χ0n) is 13.1. The van der Waals surface area contributed by atoms with Crippen LogP contribution in [0.4, 0.5) is 4.79 Å². The van der Waals surface area contributed by atoms with E-state index in [4.69, 9.17) is 5.11 Å². The number of rotatable bonds is 5. The summed E-state index contributed by atoms with van der Waals surface area (Å²) in [6, 6.07) is -0.318. The van der Waals surface area contributed by atoms with E-state index in [2.05, 4.69) is 12.2 Å². The van der Waals surface area contributed by atoms with Crippen molar-refractivity contribution in [3.8, 4) is 0 Å². The van der Waals surface area contributed by atoms with Crippen molar-refractivity contribution in [1.82, 2.24) is 10.2 Å². The summed E-state index contributed by atoms with van der Waals surface area (Å²) in [5.74, 6) is 0.532. The predicted octanol–water partition coefficient (Wildman–Crippen LogP) is 2.71. The van der Waals surface area contributed by atoms with E-state index in [0.29, 0.717) is 12.5 Å². The second kappa shape index (κ2) is 6.95. The Morgan fingerprint density at radius 2 is 1.80 bits per heavy atom. The van der Waals surface area contributed by atoms with Crippen LogP contribution < -0.4 is 5.32 Å². The van der Waals surface area contributed by atoms with E-state index in [9.17, 15) is 9.59 Å². The Labute approximate surface area is 121 Å². The zero-order chi connectivity index (χ0) is 15.3. The largest absolute Gasteiger partial charge is 0.480 e. The van der Waals surface area contributed by atoms with Crippen molar-refractivity contribution in [1.29, 1.82) is 0 Å². The van der Waals surface area contributed by atoms with Crippen molar-refractivity contribution < 1.29 is 14.7 Å². The van der Waals surface area contributed by atoms with Crippen molar-refractivity contribution in [2.45, 2.75) is 58.4 Å². The maximum absolute atomic E-state index is 11.9. The molecule has 0 saturated heterocycles. The number of aliphatic carboxylic acids is 1. The minimum atomic E-state index is -1.19. The van der Waals surface area contributed by atoms with Crippen molar-refractivity contribution in [2.24, 2.45) is 11.8 Å². The van der Waals surface area contributed by atoms with E-state index in [-0.39, 0.29) is 6.03 Å². The molecule has 20 heavy (non-hydrogen) atoms. The van der Waals surface area contributed by atoms with Gasteiger partial charge in [-0.05, 0) is 32.1 Å². The fourth-order valence-corrected chi connectivity index (χ4v) is 2.52. The van der Waals surface area contributed by atoms with Gasteiger partial charge in [0.1, 0.15) is 5.54 Å². The fraction of sp³-hybridized carbons (Fsp3) is 0.867. The van der Waals surface area contributed by atoms with Gasteiger partial charge in [-0.3, -0.25) is 0 Å². The molecule has 1 aliphatic carbocycles. The number of nitrogens with one attached hydrogen (secondary N) is 1. The molecule has 116 valence electrons. The topological polar surface area (TPSA) is 69.6 Å². The first-order chi connectivity index (χ1) is 9.25. The monoisotopic (exact) mass is 284 g/mol. The Morgan fingerprint density at radius 1 is 1.25 bits per heavy atom. The van der Waals surface area contributed by atoms with Gasteiger partial charge in [0, 0.05) is 13.6 Å². The van der Waals surface area contributed by atoms with Gasteiger partial charge in [0.05, 0.1) is 0 Å². The Hall–Kier alpha value is -1.26. The molecule has 1 rings (SSSR count). The second-order valence-electron chi connectivity index (χ2n) is 6.57. The predicted molar refractivity (Wildman–Crippen MR) is 78.6 cm³/mol. The number of carboxylic acid groups (broad SMARTS) is 1. The molecule has 1 fully saturated rings. The van der Waals surface area contributed by atoms with Crippen LogP contribution in [0.5, 0.6) is 0 Å². The summed E-state index contributed by atoms with van der Waals surface area (Å²) in [4.78, 5) is 24.3. The third-order valence-corrected chi connectivity index (χ3v) is 4.63. The van der Waals surface area contributed by atoms with E-state index in [1.807, 2.05) is 0 Å². The minimum Gasteiger partial charge on any atom is -0.480 e. The normalized spacial score (nSPS) is 23.2. The highest BCUT2D eigenvalue weighted by Crippen LogP contribution is 2.29. The SMILES string of the molecule is CC1CCC(CCNC(=O)N(C)C(C)(C)C(=O)O)CC1. The van der Waals surface area contributed by atoms with Crippen LogP contribution in [0.25, 0.3) is 0 Å². The third-order valence-electron chi connectivity index (χ3n) is 4.63. The standard InChI is InChI=1S/C15H28N2O3/c1-11-5-7-12(8-6-11)9-10-16-14(20)17(4)15(2,3)13(18)19/h11-12H,5-10H2,1-4H3,(H,16,20)(H,18,19). The number of carbonyl (C=O) groups excluding carboxylic acids is 1. The molecule has 0 unspecified atom stereocenters. The minimum absolute atomic E-state index is 0.318. The van der Waals surface area contributed by atoms with Crippen LogP contribution in [0.1, 0.15) is 52.9 Å². The number of carboxylic acids is 1. The molecule has 0 radical (unpaired) electrons. The number of nitrogens with zero attached hydrogens (tertiary/aromatic N) is 1. The van der Waals surface area contributed by atoms with Crippen LogP contribution in [0.3, 0.4) is 0 Å². The van der Waals surface area contributed by atoms with E-state index in [0.717, 1.165) is 12.3 Å². The second-order valence-corrected chi connectivity index (χ2v) is 6.57. The number of amides is 2. The van der Waals surface area contributed by atoms with Crippen molar-refractivity contribution in [3.05, 3.63) is 0 Å². The molecule has 0 bridgehead atoms. The highest BCUT2D eigenvalue weighted by atomic mass is 16.4. The maximum Gasteiger partial charge on any atom is 0.329 e. The summed E-state index contributed by atoms with van der Waals surface area (Å²) in [6.45, 7) is 5.97. The van der Waals surface area contributed by atoms with Crippen LogP contribution in [0.2, 0.25) is 0 Å². The van der Waals surface area contributed by atoms with E-state index in [1.54, 1.807) is 0 Å². The lowest BCUT2D eigenvalue weighted by Gasteiger charge is -2.32. The summed E-state index contributed by atoms with van der Waals surface area (Å²) in [6.07, 6.45) is 6.04. The number of carbonyl (C=O) groups is 2. The van der Waals surface area contributed by atoms with Crippen LogP contribution in [0, 0.1) is 11.8 Å². The van der Waals surface area contributed by atoms with Gasteiger partial charge in [-0.25, -0.2) is 9.59 Å². The summed E-state index contributed by atoms with van der Waals surface area (Å²) in [7, 11) is 1.52. The Balaban J connectivity index is 2.31. The van der Waals surface area contributed by atoms with Crippen molar-refractivity contribution in [3.63, 3.8) is 0 Å². The molecule has 0 spiro atoms. The third kappa shape index (κ3) is 4.39. The van der Waals surface area contributed by atoms with Gasteiger partial charge in [0.15, 0.2) is 0 Å². The molecular formula is C15H28N2O3. The van der Waals surface area contributed by atoms with Gasteiger partial charge in [0.25, 0.3) is 0 Å².